The Morgan fingerprint density at radius 1 is 1.42 bits per heavy atom. The number of nitrogens with zero attached hydrogens (tertiary/aromatic N) is 2. The highest BCUT2D eigenvalue weighted by molar-refractivity contribution is 7.12. The minimum absolute atomic E-state index is 0.273. The predicted molar refractivity (Wildman–Crippen MR) is 72.1 cm³/mol. The molecule has 0 spiro atoms. The molecule has 0 aliphatic heterocycles. The average molecular weight is 295 g/mol. The molecule has 1 amide bonds. The van der Waals surface area contributed by atoms with Crippen LogP contribution in [0.25, 0.3) is 6.08 Å². The zero-order valence-corrected chi connectivity index (χ0v) is 11.2. The van der Waals surface area contributed by atoms with Crippen molar-refractivity contribution in [3.05, 3.63) is 39.0 Å². The lowest BCUT2D eigenvalue weighted by Crippen LogP contribution is -2.22. The second-order valence-electron chi connectivity index (χ2n) is 3.45. The number of carbonyl (C=O) groups is 2. The van der Waals surface area contributed by atoms with Crippen LogP contribution in [0.3, 0.4) is 0 Å². The van der Waals surface area contributed by atoms with Gasteiger partial charge in [0.1, 0.15) is 0 Å². The van der Waals surface area contributed by atoms with Crippen molar-refractivity contribution in [3.8, 4) is 0 Å². The number of thiophene rings is 1. The van der Waals surface area contributed by atoms with Crippen LogP contribution in [0.2, 0.25) is 0 Å². The molecule has 0 radical (unpaired) electrons. The van der Waals surface area contributed by atoms with E-state index in [-0.39, 0.29) is 5.91 Å². The molecule has 0 saturated heterocycles. The van der Waals surface area contributed by atoms with Crippen molar-refractivity contribution in [1.29, 1.82) is 0 Å². The Hall–Kier alpha value is -2.06. The summed E-state index contributed by atoms with van der Waals surface area (Å²) >= 11 is 2.53. The van der Waals surface area contributed by atoms with E-state index in [1.165, 1.54) is 17.4 Å². The highest BCUT2D eigenvalue weighted by atomic mass is 32.1. The van der Waals surface area contributed by atoms with Crippen molar-refractivity contribution < 1.29 is 14.7 Å². The number of carbonyl (C=O) groups excluding carboxylic acids is 1. The third-order valence-electron chi connectivity index (χ3n) is 2.09. The van der Waals surface area contributed by atoms with Crippen LogP contribution in [0.15, 0.2) is 23.6 Å². The van der Waals surface area contributed by atoms with Gasteiger partial charge in [-0.1, -0.05) is 4.49 Å². The Kier molecular flexibility index (Phi) is 4.37. The van der Waals surface area contributed by atoms with Crippen molar-refractivity contribution in [1.82, 2.24) is 14.9 Å². The minimum Gasteiger partial charge on any atom is -0.478 e. The summed E-state index contributed by atoms with van der Waals surface area (Å²) in [7, 11) is 0. The molecule has 2 aromatic heterocycles. The molecule has 0 saturated carbocycles. The monoisotopic (exact) mass is 295 g/mol. The van der Waals surface area contributed by atoms with Crippen LogP contribution < -0.4 is 5.32 Å². The van der Waals surface area contributed by atoms with E-state index in [1.807, 2.05) is 6.07 Å². The molecule has 0 aliphatic rings. The van der Waals surface area contributed by atoms with E-state index in [0.717, 1.165) is 27.4 Å². The molecule has 0 unspecified atom stereocenters. The largest absolute Gasteiger partial charge is 0.478 e. The third-order valence-corrected chi connectivity index (χ3v) is 3.64. The lowest BCUT2D eigenvalue weighted by molar-refractivity contribution is -0.131. The Bertz CT molecular complexity index is 604. The van der Waals surface area contributed by atoms with Gasteiger partial charge in [0.25, 0.3) is 5.91 Å². The molecule has 8 heteroatoms. The van der Waals surface area contributed by atoms with Crippen LogP contribution in [0.4, 0.5) is 0 Å². The number of hydrogen-bond donors (Lipinski definition) is 2. The van der Waals surface area contributed by atoms with E-state index in [9.17, 15) is 9.59 Å². The van der Waals surface area contributed by atoms with Gasteiger partial charge in [-0.25, -0.2) is 4.79 Å². The molecule has 0 bridgehead atoms. The Balaban J connectivity index is 1.90. The maximum atomic E-state index is 11.6. The van der Waals surface area contributed by atoms with Crippen LogP contribution in [0.1, 0.15) is 20.2 Å². The number of aliphatic carboxylic acids is 1. The molecule has 2 rings (SSSR count). The Morgan fingerprint density at radius 3 is 2.95 bits per heavy atom. The van der Waals surface area contributed by atoms with Crippen molar-refractivity contribution in [3.63, 3.8) is 0 Å². The smallest absolute Gasteiger partial charge is 0.328 e. The Labute approximate surface area is 116 Å². The van der Waals surface area contributed by atoms with Crippen molar-refractivity contribution in [2.24, 2.45) is 0 Å². The highest BCUT2D eigenvalue weighted by Crippen LogP contribution is 2.17. The minimum atomic E-state index is -0.987. The summed E-state index contributed by atoms with van der Waals surface area (Å²) in [6.07, 6.45) is 2.60. The summed E-state index contributed by atoms with van der Waals surface area (Å²) < 4.78 is 3.61. The molecule has 0 aromatic carbocycles. The maximum absolute atomic E-state index is 11.6. The number of rotatable bonds is 5. The van der Waals surface area contributed by atoms with Crippen LogP contribution in [-0.2, 0) is 11.3 Å². The fourth-order valence-corrected chi connectivity index (χ4v) is 2.55. The first-order valence-electron chi connectivity index (χ1n) is 5.20. The van der Waals surface area contributed by atoms with E-state index < -0.39 is 5.97 Å². The summed E-state index contributed by atoms with van der Waals surface area (Å²) in [4.78, 5) is 23.7. The van der Waals surface area contributed by atoms with E-state index in [1.54, 1.807) is 11.4 Å². The third kappa shape index (κ3) is 3.97. The Morgan fingerprint density at radius 2 is 2.26 bits per heavy atom. The summed E-state index contributed by atoms with van der Waals surface area (Å²) in [6, 6.07) is 3.64. The van der Waals surface area contributed by atoms with Crippen molar-refractivity contribution in [2.75, 3.05) is 0 Å². The molecule has 0 fully saturated rings. The average Bonchev–Trinajstić information content (AvgIpc) is 3.04. The molecule has 2 aromatic rings. The molecule has 6 nitrogen and oxygen atoms in total. The van der Waals surface area contributed by atoms with Crippen LogP contribution in [0, 0.1) is 0 Å². The second-order valence-corrected chi connectivity index (χ2v) is 5.26. The van der Waals surface area contributed by atoms with Gasteiger partial charge in [-0.15, -0.1) is 16.4 Å². The zero-order valence-electron chi connectivity index (χ0n) is 9.57. The first-order valence-corrected chi connectivity index (χ1v) is 6.85. The summed E-state index contributed by atoms with van der Waals surface area (Å²) in [6.45, 7) is 0.377. The normalized spacial score (nSPS) is 10.7. The summed E-state index contributed by atoms with van der Waals surface area (Å²) in [5.74, 6) is -1.26. The number of carboxylic acid groups (broad SMARTS) is 1. The van der Waals surface area contributed by atoms with Gasteiger partial charge in [0.15, 0.2) is 5.69 Å². The van der Waals surface area contributed by atoms with E-state index in [2.05, 4.69) is 14.9 Å². The van der Waals surface area contributed by atoms with Gasteiger partial charge in [-0.05, 0) is 29.7 Å². The predicted octanol–water partition coefficient (Wildman–Crippen LogP) is 1.63. The van der Waals surface area contributed by atoms with Gasteiger partial charge in [0.2, 0.25) is 0 Å². The quantitative estimate of drug-likeness (QED) is 0.818. The number of carboxylic acids is 1. The van der Waals surface area contributed by atoms with Gasteiger partial charge < -0.3 is 10.4 Å². The molecule has 98 valence electrons. The second kappa shape index (κ2) is 6.21. The zero-order chi connectivity index (χ0) is 13.7. The number of hydrogen-bond acceptors (Lipinski definition) is 6. The number of nitrogens with one attached hydrogen (secondary N) is 1. The van der Waals surface area contributed by atoms with Gasteiger partial charge in [0.05, 0.1) is 6.54 Å². The topological polar surface area (TPSA) is 92.2 Å². The molecule has 2 N–H and O–H groups in total. The molecule has 2 heterocycles. The van der Waals surface area contributed by atoms with E-state index in [4.69, 9.17) is 5.11 Å². The van der Waals surface area contributed by atoms with Gasteiger partial charge in [0, 0.05) is 21.2 Å². The first kappa shape index (κ1) is 13.4. The van der Waals surface area contributed by atoms with E-state index >= 15 is 0 Å². The number of aromatic nitrogens is 2. The molecule has 0 aliphatic carbocycles. The fraction of sp³-hybridized carbons (Fsp3) is 0.0909. The van der Waals surface area contributed by atoms with Crippen LogP contribution >= 0.6 is 22.9 Å². The lowest BCUT2D eigenvalue weighted by atomic mass is 10.4. The fourth-order valence-electron chi connectivity index (χ4n) is 1.25. The van der Waals surface area contributed by atoms with E-state index in [0.29, 0.717) is 12.2 Å². The van der Waals surface area contributed by atoms with Crippen molar-refractivity contribution >= 4 is 40.8 Å². The standard InChI is InChI=1S/C11H9N3O3S2/c15-10(16)4-3-7-1-2-8(19-7)5-12-11(17)9-6-18-14-13-9/h1-4,6H,5H2,(H,12,17)(H,15,16). The summed E-state index contributed by atoms with van der Waals surface area (Å²) in [5, 5.41) is 16.5. The molecule has 0 atom stereocenters. The summed E-state index contributed by atoms with van der Waals surface area (Å²) in [5.41, 5.74) is 0.299. The van der Waals surface area contributed by atoms with Crippen LogP contribution in [-0.4, -0.2) is 26.6 Å². The lowest BCUT2D eigenvalue weighted by Gasteiger charge is -1.99. The number of amides is 1. The first-order chi connectivity index (χ1) is 9.15. The molecular formula is C11H9N3O3S2. The SMILES string of the molecule is O=C(O)C=Cc1ccc(CNC(=O)c2csnn2)s1. The molecular weight excluding hydrogens is 286 g/mol. The maximum Gasteiger partial charge on any atom is 0.328 e. The van der Waals surface area contributed by atoms with Crippen molar-refractivity contribution in [2.45, 2.75) is 6.54 Å². The van der Waals surface area contributed by atoms with Crippen LogP contribution in [0.5, 0.6) is 0 Å². The van der Waals surface area contributed by atoms with Gasteiger partial charge in [-0.2, -0.15) is 0 Å². The van der Waals surface area contributed by atoms with Gasteiger partial charge >= 0.3 is 5.97 Å². The van der Waals surface area contributed by atoms with Gasteiger partial charge in [-0.3, -0.25) is 4.79 Å². The molecule has 19 heavy (non-hydrogen) atoms. The highest BCUT2D eigenvalue weighted by Gasteiger charge is 2.08.